The third-order valence-corrected chi connectivity index (χ3v) is 2.23. The van der Waals surface area contributed by atoms with E-state index in [-0.39, 0.29) is 12.2 Å². The van der Waals surface area contributed by atoms with Gasteiger partial charge in [-0.25, -0.2) is 0 Å². The molecule has 2 rings (SSSR count). The summed E-state index contributed by atoms with van der Waals surface area (Å²) in [6, 6.07) is 1.53. The Hall–Kier alpha value is -2.38. The molecule has 0 saturated carbocycles. The molecule has 0 atom stereocenters. The minimum Gasteiger partial charge on any atom is -0.360 e. The predicted molar refractivity (Wildman–Crippen MR) is 54.3 cm³/mol. The fourth-order valence-corrected chi connectivity index (χ4v) is 1.41. The van der Waals surface area contributed by atoms with Gasteiger partial charge in [-0.15, -0.1) is 0 Å². The van der Waals surface area contributed by atoms with E-state index in [1.165, 1.54) is 6.07 Å². The van der Waals surface area contributed by atoms with Crippen LogP contribution in [0.5, 0.6) is 0 Å². The smallest absolute Gasteiger partial charge is 0.251 e. The Morgan fingerprint density at radius 3 is 2.65 bits per heavy atom. The van der Waals surface area contributed by atoms with Gasteiger partial charge in [0.2, 0.25) is 5.91 Å². The molecule has 1 aliphatic heterocycles. The van der Waals surface area contributed by atoms with Crippen LogP contribution < -0.4 is 16.2 Å². The van der Waals surface area contributed by atoms with Crippen molar-refractivity contribution in [2.45, 2.75) is 13.3 Å². The highest BCUT2D eigenvalue weighted by atomic mass is 16.5. The molecule has 1 aromatic heterocycles. The summed E-state index contributed by atoms with van der Waals surface area (Å²) in [6.45, 7) is 1.68. The Labute approximate surface area is 95.7 Å². The SMILES string of the molecule is Cc1cc(NC(=O)CC2C(=O)NNC2=O)no1. The van der Waals surface area contributed by atoms with Gasteiger partial charge >= 0.3 is 0 Å². The molecule has 1 saturated heterocycles. The molecule has 3 N–H and O–H groups in total. The Morgan fingerprint density at radius 2 is 2.12 bits per heavy atom. The second-order valence-electron chi connectivity index (χ2n) is 3.61. The van der Waals surface area contributed by atoms with Crippen LogP contribution in [-0.2, 0) is 14.4 Å². The maximum atomic E-state index is 11.5. The van der Waals surface area contributed by atoms with Gasteiger partial charge in [0, 0.05) is 12.5 Å². The third kappa shape index (κ3) is 2.41. The van der Waals surface area contributed by atoms with E-state index < -0.39 is 23.6 Å². The minimum absolute atomic E-state index is 0.233. The van der Waals surface area contributed by atoms with Crippen LogP contribution in [0.4, 0.5) is 5.82 Å². The van der Waals surface area contributed by atoms with E-state index in [0.29, 0.717) is 5.76 Å². The quantitative estimate of drug-likeness (QED) is 0.590. The first-order valence-electron chi connectivity index (χ1n) is 4.89. The molecule has 0 aliphatic carbocycles. The number of nitrogens with one attached hydrogen (secondary N) is 3. The van der Waals surface area contributed by atoms with Gasteiger partial charge in [0.1, 0.15) is 11.7 Å². The monoisotopic (exact) mass is 238 g/mol. The van der Waals surface area contributed by atoms with Crippen molar-refractivity contribution in [3.05, 3.63) is 11.8 Å². The zero-order valence-corrected chi connectivity index (χ0v) is 8.94. The summed E-state index contributed by atoms with van der Waals surface area (Å²) in [7, 11) is 0. The van der Waals surface area contributed by atoms with Crippen LogP contribution in [0.3, 0.4) is 0 Å². The van der Waals surface area contributed by atoms with E-state index in [0.717, 1.165) is 0 Å². The minimum atomic E-state index is -0.997. The summed E-state index contributed by atoms with van der Waals surface area (Å²) < 4.78 is 4.75. The van der Waals surface area contributed by atoms with Crippen molar-refractivity contribution in [2.75, 3.05) is 5.32 Å². The number of amides is 3. The number of aryl methyl sites for hydroxylation is 1. The lowest BCUT2D eigenvalue weighted by molar-refractivity contribution is -0.131. The van der Waals surface area contributed by atoms with Crippen molar-refractivity contribution in [3.8, 4) is 0 Å². The maximum absolute atomic E-state index is 11.5. The van der Waals surface area contributed by atoms with Crippen LogP contribution in [-0.4, -0.2) is 22.9 Å². The number of hydrogen-bond acceptors (Lipinski definition) is 5. The second-order valence-corrected chi connectivity index (χ2v) is 3.61. The molecule has 0 spiro atoms. The highest BCUT2D eigenvalue weighted by Gasteiger charge is 2.34. The molecule has 1 aromatic rings. The molecule has 8 nitrogen and oxygen atoms in total. The molecule has 0 unspecified atom stereocenters. The van der Waals surface area contributed by atoms with Gasteiger partial charge in [-0.3, -0.25) is 25.2 Å². The first kappa shape index (κ1) is 11.1. The molecule has 1 fully saturated rings. The number of carbonyl (C=O) groups excluding carboxylic acids is 3. The van der Waals surface area contributed by atoms with Crippen molar-refractivity contribution < 1.29 is 18.9 Å². The van der Waals surface area contributed by atoms with Crippen molar-refractivity contribution in [3.63, 3.8) is 0 Å². The maximum Gasteiger partial charge on any atom is 0.251 e. The largest absolute Gasteiger partial charge is 0.360 e. The van der Waals surface area contributed by atoms with Crippen LogP contribution in [0.25, 0.3) is 0 Å². The molecule has 0 aromatic carbocycles. The topological polar surface area (TPSA) is 113 Å². The Bertz CT molecular complexity index is 465. The summed E-state index contributed by atoms with van der Waals surface area (Å²) in [5.41, 5.74) is 4.28. The van der Waals surface area contributed by atoms with E-state index in [1.54, 1.807) is 6.92 Å². The van der Waals surface area contributed by atoms with Gasteiger partial charge in [0.25, 0.3) is 11.8 Å². The molecule has 17 heavy (non-hydrogen) atoms. The molecule has 90 valence electrons. The molecule has 3 amide bonds. The molecule has 0 bridgehead atoms. The van der Waals surface area contributed by atoms with Gasteiger partial charge in [0.05, 0.1) is 0 Å². The Kier molecular flexibility index (Phi) is 2.77. The van der Waals surface area contributed by atoms with E-state index in [9.17, 15) is 14.4 Å². The van der Waals surface area contributed by atoms with Crippen molar-refractivity contribution in [2.24, 2.45) is 5.92 Å². The van der Waals surface area contributed by atoms with Gasteiger partial charge in [0.15, 0.2) is 5.82 Å². The number of aromatic nitrogens is 1. The number of carbonyl (C=O) groups is 3. The Balaban J connectivity index is 1.93. The molecular formula is C9H10N4O4. The summed E-state index contributed by atoms with van der Waals surface area (Å²) in [4.78, 5) is 33.9. The molecular weight excluding hydrogens is 228 g/mol. The van der Waals surface area contributed by atoms with Crippen molar-refractivity contribution in [1.82, 2.24) is 16.0 Å². The number of hydrazine groups is 1. The Morgan fingerprint density at radius 1 is 1.47 bits per heavy atom. The summed E-state index contributed by atoms with van der Waals surface area (Å²) in [5.74, 6) is -1.69. The standard InChI is InChI=1S/C9H10N4O4/c1-4-2-6(13-17-4)10-7(14)3-5-8(15)11-12-9(5)16/h2,5H,3H2,1H3,(H,11,15)(H,12,16)(H,10,13,14). The van der Waals surface area contributed by atoms with Crippen LogP contribution in [0, 0.1) is 12.8 Å². The summed E-state index contributed by atoms with van der Waals surface area (Å²) in [5, 5.41) is 5.99. The lowest BCUT2D eigenvalue weighted by Gasteiger charge is -2.03. The number of rotatable bonds is 3. The average molecular weight is 238 g/mol. The van der Waals surface area contributed by atoms with Gasteiger partial charge in [-0.2, -0.15) is 0 Å². The van der Waals surface area contributed by atoms with Gasteiger partial charge < -0.3 is 9.84 Å². The predicted octanol–water partition coefficient (Wildman–Crippen LogP) is -0.911. The molecule has 8 heteroatoms. The summed E-state index contributed by atoms with van der Waals surface area (Å²) in [6.07, 6.45) is -0.233. The van der Waals surface area contributed by atoms with Gasteiger partial charge in [-0.1, -0.05) is 5.16 Å². The van der Waals surface area contributed by atoms with Gasteiger partial charge in [-0.05, 0) is 6.92 Å². The first-order valence-corrected chi connectivity index (χ1v) is 4.89. The van der Waals surface area contributed by atoms with Crippen LogP contribution >= 0.6 is 0 Å². The highest BCUT2D eigenvalue weighted by Crippen LogP contribution is 2.11. The summed E-state index contributed by atoms with van der Waals surface area (Å²) >= 11 is 0. The van der Waals surface area contributed by atoms with E-state index in [2.05, 4.69) is 21.3 Å². The molecule has 1 aliphatic rings. The number of anilines is 1. The molecule has 2 heterocycles. The van der Waals surface area contributed by atoms with Crippen LogP contribution in [0.15, 0.2) is 10.6 Å². The van der Waals surface area contributed by atoms with Crippen LogP contribution in [0.2, 0.25) is 0 Å². The van der Waals surface area contributed by atoms with E-state index >= 15 is 0 Å². The number of nitrogens with zero attached hydrogens (tertiary/aromatic N) is 1. The molecule has 0 radical (unpaired) electrons. The zero-order valence-electron chi connectivity index (χ0n) is 8.94. The first-order chi connectivity index (χ1) is 8.06. The highest BCUT2D eigenvalue weighted by molar-refractivity contribution is 6.08. The second kappa shape index (κ2) is 4.24. The lowest BCUT2D eigenvalue weighted by Crippen LogP contribution is -2.28. The fourth-order valence-electron chi connectivity index (χ4n) is 1.41. The van der Waals surface area contributed by atoms with Crippen molar-refractivity contribution >= 4 is 23.5 Å². The third-order valence-electron chi connectivity index (χ3n) is 2.23. The zero-order chi connectivity index (χ0) is 12.4. The normalized spacial score (nSPS) is 15.6. The number of hydrogen-bond donors (Lipinski definition) is 3. The fraction of sp³-hybridized carbons (Fsp3) is 0.333. The average Bonchev–Trinajstić information content (AvgIpc) is 2.79. The van der Waals surface area contributed by atoms with E-state index in [4.69, 9.17) is 4.52 Å². The lowest BCUT2D eigenvalue weighted by atomic mass is 10.1. The van der Waals surface area contributed by atoms with E-state index in [1.807, 2.05) is 0 Å². The van der Waals surface area contributed by atoms with Crippen molar-refractivity contribution in [1.29, 1.82) is 0 Å². The van der Waals surface area contributed by atoms with Crippen LogP contribution in [0.1, 0.15) is 12.2 Å².